The van der Waals surface area contributed by atoms with Gasteiger partial charge in [-0.05, 0) is 86.7 Å². The summed E-state index contributed by atoms with van der Waals surface area (Å²) in [5.74, 6) is -0.0625. The van der Waals surface area contributed by atoms with Gasteiger partial charge in [0.2, 0.25) is 0 Å². The summed E-state index contributed by atoms with van der Waals surface area (Å²) in [4.78, 5) is 14.7. The molecular formula is C33H32IrNO2-. The number of pyridine rings is 1. The molecule has 1 aromatic heterocycles. The van der Waals surface area contributed by atoms with Crippen LogP contribution in [0, 0.1) is 25.3 Å². The van der Waals surface area contributed by atoms with E-state index in [-0.39, 0.29) is 31.6 Å². The number of carbonyl (C=O) groups excluding carboxylic acids is 1. The molecule has 0 saturated heterocycles. The zero-order valence-electron chi connectivity index (χ0n) is 21.8. The predicted octanol–water partition coefficient (Wildman–Crippen LogP) is 7.24. The first-order valence-corrected chi connectivity index (χ1v) is 12.6. The first-order valence-electron chi connectivity index (χ1n) is 12.6. The van der Waals surface area contributed by atoms with Crippen LogP contribution in [0.5, 0.6) is 0 Å². The first kappa shape index (κ1) is 27.0. The topological polar surface area (TPSA) is 50.2 Å². The van der Waals surface area contributed by atoms with E-state index in [1.807, 2.05) is 6.20 Å². The number of hydrogen-bond donors (Lipinski definition) is 1. The maximum Gasteiger partial charge on any atom is 0.155 e. The average molecular weight is 667 g/mol. The minimum atomic E-state index is -0.125. The molecule has 37 heavy (non-hydrogen) atoms. The summed E-state index contributed by atoms with van der Waals surface area (Å²) in [6, 6.07) is 23.8. The number of aromatic nitrogens is 1. The number of ketones is 1. The van der Waals surface area contributed by atoms with E-state index in [0.717, 1.165) is 11.3 Å². The van der Waals surface area contributed by atoms with E-state index in [2.05, 4.69) is 79.5 Å². The molecule has 0 unspecified atom stereocenters. The second kappa shape index (κ2) is 10.7. The molecule has 4 heteroatoms. The smallest absolute Gasteiger partial charge is 0.155 e. The largest absolute Gasteiger partial charge is 0.512 e. The minimum Gasteiger partial charge on any atom is -0.512 e. The van der Waals surface area contributed by atoms with Crippen LogP contribution in [0.2, 0.25) is 0 Å². The number of carbonyl (C=O) groups is 1. The van der Waals surface area contributed by atoms with Gasteiger partial charge in [-0.3, -0.25) is 4.79 Å². The Labute approximate surface area is 233 Å². The van der Waals surface area contributed by atoms with Crippen molar-refractivity contribution < 1.29 is 30.0 Å². The molecule has 0 saturated carbocycles. The third-order valence-electron chi connectivity index (χ3n) is 7.59. The van der Waals surface area contributed by atoms with Gasteiger partial charge in [0.05, 0.1) is 5.76 Å². The Kier molecular flexibility index (Phi) is 7.82. The van der Waals surface area contributed by atoms with Gasteiger partial charge in [0.15, 0.2) is 5.78 Å². The van der Waals surface area contributed by atoms with Crippen molar-refractivity contribution in [2.24, 2.45) is 5.41 Å². The van der Waals surface area contributed by atoms with Gasteiger partial charge in [0, 0.05) is 32.4 Å². The average Bonchev–Trinajstić information content (AvgIpc) is 3.38. The quantitative estimate of drug-likeness (QED) is 0.140. The van der Waals surface area contributed by atoms with E-state index in [9.17, 15) is 4.79 Å². The zero-order chi connectivity index (χ0) is 25.4. The van der Waals surface area contributed by atoms with Crippen LogP contribution in [0.1, 0.15) is 47.2 Å². The van der Waals surface area contributed by atoms with Gasteiger partial charge in [0.25, 0.3) is 0 Å². The summed E-state index contributed by atoms with van der Waals surface area (Å²) in [7, 11) is 0. The van der Waals surface area contributed by atoms with Crippen molar-refractivity contribution in [1.82, 2.24) is 4.98 Å². The number of rotatable bonds is 2. The van der Waals surface area contributed by atoms with Crippen LogP contribution < -0.4 is 0 Å². The van der Waals surface area contributed by atoms with Crippen molar-refractivity contribution in [3.8, 4) is 11.3 Å². The van der Waals surface area contributed by atoms with Crippen molar-refractivity contribution in [1.29, 1.82) is 0 Å². The van der Waals surface area contributed by atoms with E-state index >= 15 is 0 Å². The normalized spacial score (nSPS) is 15.0. The monoisotopic (exact) mass is 667 g/mol. The van der Waals surface area contributed by atoms with Gasteiger partial charge < -0.3 is 10.1 Å². The molecule has 1 spiro atoms. The molecule has 191 valence electrons. The van der Waals surface area contributed by atoms with E-state index < -0.39 is 0 Å². The number of nitrogens with zero attached hydrogens (tertiary/aromatic N) is 1. The second-order valence-electron chi connectivity index (χ2n) is 10.6. The van der Waals surface area contributed by atoms with E-state index in [4.69, 9.17) is 5.11 Å². The predicted molar refractivity (Wildman–Crippen MR) is 146 cm³/mol. The maximum absolute atomic E-state index is 10.0. The van der Waals surface area contributed by atoms with Crippen molar-refractivity contribution in [2.45, 2.75) is 53.4 Å². The van der Waals surface area contributed by atoms with Gasteiger partial charge in [-0.2, -0.15) is 0 Å². The van der Waals surface area contributed by atoms with Gasteiger partial charge in [-0.15, -0.1) is 23.8 Å². The number of hydrogen-bond acceptors (Lipinski definition) is 3. The summed E-state index contributed by atoms with van der Waals surface area (Å²) in [6.07, 6.45) is 7.94. The van der Waals surface area contributed by atoms with Crippen LogP contribution in [-0.2, 0) is 50.6 Å². The number of aliphatic hydroxyl groups excluding tert-OH is 1. The van der Waals surface area contributed by atoms with Crippen molar-refractivity contribution in [2.75, 3.05) is 0 Å². The van der Waals surface area contributed by atoms with Crippen LogP contribution in [0.15, 0.2) is 72.6 Å². The van der Waals surface area contributed by atoms with Gasteiger partial charge in [-0.1, -0.05) is 64.4 Å². The molecule has 1 radical (unpaired) electrons. The van der Waals surface area contributed by atoms with Crippen LogP contribution in [0.25, 0.3) is 22.0 Å². The number of benzene rings is 3. The molecule has 3 aromatic carbocycles. The molecule has 0 amide bonds. The molecule has 0 atom stereocenters. The summed E-state index contributed by atoms with van der Waals surface area (Å²) in [6.45, 7) is 7.12. The molecular weight excluding hydrogens is 635 g/mol. The van der Waals surface area contributed by atoms with E-state index in [0.29, 0.717) is 5.41 Å². The minimum absolute atomic E-state index is 0. The summed E-state index contributed by atoms with van der Waals surface area (Å²) in [5.41, 5.74) is 11.2. The Balaban J connectivity index is 0.000000356. The third kappa shape index (κ3) is 5.61. The Morgan fingerprint density at radius 2 is 1.62 bits per heavy atom. The molecule has 6 rings (SSSR count). The van der Waals surface area contributed by atoms with Crippen molar-refractivity contribution in [3.63, 3.8) is 0 Å². The van der Waals surface area contributed by atoms with Crippen LogP contribution in [0.4, 0.5) is 0 Å². The fourth-order valence-electron chi connectivity index (χ4n) is 5.82. The summed E-state index contributed by atoms with van der Waals surface area (Å²) in [5, 5.41) is 11.1. The van der Waals surface area contributed by atoms with Crippen molar-refractivity contribution in [3.05, 3.63) is 112 Å². The molecule has 4 aromatic rings. The van der Waals surface area contributed by atoms with Gasteiger partial charge in [0.1, 0.15) is 0 Å². The molecule has 1 N–H and O–H groups in total. The summed E-state index contributed by atoms with van der Waals surface area (Å²) < 4.78 is 0. The van der Waals surface area contributed by atoms with Crippen LogP contribution in [0.3, 0.4) is 0 Å². The Bertz CT molecular complexity index is 1490. The maximum atomic E-state index is 10.0. The SMILES string of the molecule is CC(=O)/C=C(/C)O.Cc1cnc(-c2[c-]cc3ccc4c(c3c2)CC2(Cc3ccccc3C2)C4)cc1C.[Ir]. The molecule has 0 aliphatic heterocycles. The number of aliphatic hydroxyl groups is 1. The molecule has 0 bridgehead atoms. The Hall–Kier alpha value is -3.07. The van der Waals surface area contributed by atoms with Crippen LogP contribution in [-0.4, -0.2) is 15.9 Å². The first-order chi connectivity index (χ1) is 17.2. The van der Waals surface area contributed by atoms with Gasteiger partial charge >= 0.3 is 0 Å². The third-order valence-corrected chi connectivity index (χ3v) is 7.59. The standard InChI is InChI=1S/C28H24N.C5H8O2.Ir/c1-18-11-27(29-17-19(18)2)21-9-7-20-8-10-24-15-28(16-26(24)25(20)12-21)13-22-5-3-4-6-23(22)14-28;1-4(6)3-5(2)7;/h3-8,10-12,17H,13-16H2,1-2H3;3,6H,1-2H3;/q-1;;/b;4-3-;. The Morgan fingerprint density at radius 1 is 0.946 bits per heavy atom. The molecule has 2 aliphatic rings. The fourth-order valence-corrected chi connectivity index (χ4v) is 5.82. The molecule has 0 fully saturated rings. The zero-order valence-corrected chi connectivity index (χ0v) is 24.2. The fraction of sp³-hybridized carbons (Fsp3) is 0.273. The number of fused-ring (bicyclic) bond motifs is 4. The summed E-state index contributed by atoms with van der Waals surface area (Å²) >= 11 is 0. The molecule has 3 nitrogen and oxygen atoms in total. The second-order valence-corrected chi connectivity index (χ2v) is 10.6. The van der Waals surface area contributed by atoms with Crippen LogP contribution >= 0.6 is 0 Å². The van der Waals surface area contributed by atoms with E-state index in [1.54, 1.807) is 16.7 Å². The van der Waals surface area contributed by atoms with E-state index in [1.165, 1.54) is 73.1 Å². The Morgan fingerprint density at radius 3 is 2.22 bits per heavy atom. The molecule has 2 aliphatic carbocycles. The number of allylic oxidation sites excluding steroid dienone is 2. The van der Waals surface area contributed by atoms with Gasteiger partial charge in [-0.25, -0.2) is 0 Å². The molecule has 1 heterocycles. The number of aryl methyl sites for hydroxylation is 2. The van der Waals surface area contributed by atoms with Crippen molar-refractivity contribution >= 4 is 16.6 Å².